The van der Waals surface area contributed by atoms with Crippen molar-refractivity contribution in [3.8, 4) is 11.1 Å². The highest BCUT2D eigenvalue weighted by molar-refractivity contribution is 5.90. The van der Waals surface area contributed by atoms with Crippen LogP contribution in [0.1, 0.15) is 17.2 Å². The summed E-state index contributed by atoms with van der Waals surface area (Å²) in [4.78, 5) is 40.2. The molecule has 1 aromatic heterocycles. The molecular formula is C25H24FN5O4. The second-order valence-corrected chi connectivity index (χ2v) is 7.99. The van der Waals surface area contributed by atoms with Crippen molar-refractivity contribution in [2.24, 2.45) is 5.73 Å². The van der Waals surface area contributed by atoms with Crippen molar-refractivity contribution in [3.05, 3.63) is 83.9 Å². The fraction of sp³-hybridized carbons (Fsp3) is 0.200. The Bertz CT molecular complexity index is 1210. The number of hydrogen-bond acceptors (Lipinski definition) is 6. The molecule has 3 amide bonds. The molecule has 1 aliphatic rings. The molecular weight excluding hydrogens is 453 g/mol. The van der Waals surface area contributed by atoms with E-state index in [2.05, 4.69) is 15.6 Å². The topological polar surface area (TPSA) is 127 Å². The Kier molecular flexibility index (Phi) is 7.32. The zero-order chi connectivity index (χ0) is 24.8. The van der Waals surface area contributed by atoms with Gasteiger partial charge in [0.05, 0.1) is 18.8 Å². The molecule has 4 N–H and O–H groups in total. The van der Waals surface area contributed by atoms with Crippen LogP contribution in [0, 0.1) is 5.82 Å². The lowest BCUT2D eigenvalue weighted by Crippen LogP contribution is -2.33. The number of halogens is 1. The zero-order valence-electron chi connectivity index (χ0n) is 18.7. The summed E-state index contributed by atoms with van der Waals surface area (Å²) in [5.41, 5.74) is 8.80. The van der Waals surface area contributed by atoms with Crippen molar-refractivity contribution < 1.29 is 23.5 Å². The lowest BCUT2D eigenvalue weighted by atomic mass is 10.0. The van der Waals surface area contributed by atoms with Gasteiger partial charge in [0.25, 0.3) is 0 Å². The Hall–Kier alpha value is -4.31. The van der Waals surface area contributed by atoms with Gasteiger partial charge in [-0.05, 0) is 41.0 Å². The predicted octanol–water partition coefficient (Wildman–Crippen LogP) is 2.28. The summed E-state index contributed by atoms with van der Waals surface area (Å²) in [6.07, 6.45) is 2.60. The molecule has 1 saturated heterocycles. The zero-order valence-corrected chi connectivity index (χ0v) is 18.7. The first-order valence-electron chi connectivity index (χ1n) is 10.9. The Labute approximate surface area is 201 Å². The molecule has 9 nitrogen and oxygen atoms in total. The third kappa shape index (κ3) is 5.61. The van der Waals surface area contributed by atoms with Crippen LogP contribution < -0.4 is 21.3 Å². The summed E-state index contributed by atoms with van der Waals surface area (Å²) in [5, 5.41) is 5.25. The maximum atomic E-state index is 14.9. The molecule has 0 aliphatic carbocycles. The maximum Gasteiger partial charge on any atom is 0.414 e. The molecule has 2 atom stereocenters. The van der Waals surface area contributed by atoms with E-state index < -0.39 is 24.1 Å². The molecule has 0 bridgehead atoms. The number of aromatic nitrogens is 1. The molecule has 4 rings (SSSR count). The normalized spacial score (nSPS) is 15.9. The molecule has 0 spiro atoms. The maximum absolute atomic E-state index is 14.9. The van der Waals surface area contributed by atoms with Crippen LogP contribution in [0.25, 0.3) is 11.1 Å². The van der Waals surface area contributed by atoms with E-state index in [0.29, 0.717) is 28.8 Å². The van der Waals surface area contributed by atoms with Gasteiger partial charge in [0.2, 0.25) is 12.3 Å². The largest absolute Gasteiger partial charge is 0.442 e. The quantitative estimate of drug-likeness (QED) is 0.406. The van der Waals surface area contributed by atoms with Gasteiger partial charge in [0.1, 0.15) is 18.0 Å². The number of pyridine rings is 1. The number of carbonyl (C=O) groups excluding carboxylic acids is 3. The van der Waals surface area contributed by atoms with Gasteiger partial charge in [-0.3, -0.25) is 19.5 Å². The van der Waals surface area contributed by atoms with Crippen LogP contribution in [-0.4, -0.2) is 42.6 Å². The van der Waals surface area contributed by atoms with Crippen LogP contribution in [0.5, 0.6) is 0 Å². The van der Waals surface area contributed by atoms with Gasteiger partial charge in [-0.25, -0.2) is 9.18 Å². The minimum Gasteiger partial charge on any atom is -0.442 e. The minimum atomic E-state index is -0.819. The van der Waals surface area contributed by atoms with Gasteiger partial charge in [-0.2, -0.15) is 0 Å². The predicted molar refractivity (Wildman–Crippen MR) is 127 cm³/mol. The van der Waals surface area contributed by atoms with Crippen LogP contribution in [-0.2, 0) is 20.9 Å². The average molecular weight is 477 g/mol. The van der Waals surface area contributed by atoms with Crippen molar-refractivity contribution in [3.63, 3.8) is 0 Å². The summed E-state index contributed by atoms with van der Waals surface area (Å²) >= 11 is 0. The summed E-state index contributed by atoms with van der Waals surface area (Å²) < 4.78 is 20.1. The van der Waals surface area contributed by atoms with Crippen LogP contribution in [0.4, 0.5) is 14.9 Å². The second kappa shape index (κ2) is 10.7. The number of amides is 3. The van der Waals surface area contributed by atoms with E-state index in [4.69, 9.17) is 10.5 Å². The number of carbonyl (C=O) groups is 3. The van der Waals surface area contributed by atoms with Gasteiger partial charge < -0.3 is 21.1 Å². The Morgan fingerprint density at radius 3 is 2.74 bits per heavy atom. The van der Waals surface area contributed by atoms with E-state index in [0.717, 1.165) is 5.56 Å². The van der Waals surface area contributed by atoms with Gasteiger partial charge in [-0.15, -0.1) is 0 Å². The molecule has 2 heterocycles. The highest BCUT2D eigenvalue weighted by Crippen LogP contribution is 2.29. The first-order chi connectivity index (χ1) is 17.0. The average Bonchev–Trinajstić information content (AvgIpc) is 3.26. The summed E-state index contributed by atoms with van der Waals surface area (Å²) in [6, 6.07) is 14.2. The van der Waals surface area contributed by atoms with E-state index in [1.165, 1.54) is 11.0 Å². The summed E-state index contributed by atoms with van der Waals surface area (Å²) in [7, 11) is 0. The summed E-state index contributed by atoms with van der Waals surface area (Å²) in [5.74, 6) is -0.818. The molecule has 3 aromatic rings. The second-order valence-electron chi connectivity index (χ2n) is 7.99. The van der Waals surface area contributed by atoms with E-state index >= 15 is 0 Å². The molecule has 10 heteroatoms. The van der Waals surface area contributed by atoms with E-state index in [-0.39, 0.29) is 25.5 Å². The Morgan fingerprint density at radius 1 is 1.26 bits per heavy atom. The lowest BCUT2D eigenvalue weighted by Gasteiger charge is -2.15. The minimum absolute atomic E-state index is 0.189. The summed E-state index contributed by atoms with van der Waals surface area (Å²) in [6.45, 7) is 0.670. The SMILES string of the molecule is NC(C(=O)NCc1ccc(-c2ccc(N3C[C@H](CNC=O)OC3=O)cc2F)cc1)c1cccnc1. The molecule has 35 heavy (non-hydrogen) atoms. The molecule has 1 unspecified atom stereocenters. The van der Waals surface area contributed by atoms with Crippen molar-refractivity contribution >= 4 is 24.1 Å². The van der Waals surface area contributed by atoms with E-state index in [1.807, 2.05) is 0 Å². The number of nitrogens with one attached hydrogen (secondary N) is 2. The monoisotopic (exact) mass is 477 g/mol. The van der Waals surface area contributed by atoms with Crippen molar-refractivity contribution in [2.75, 3.05) is 18.0 Å². The van der Waals surface area contributed by atoms with Crippen molar-refractivity contribution in [2.45, 2.75) is 18.7 Å². The van der Waals surface area contributed by atoms with Crippen LogP contribution in [0.2, 0.25) is 0 Å². The van der Waals surface area contributed by atoms with Crippen molar-refractivity contribution in [1.29, 1.82) is 0 Å². The molecule has 2 aromatic carbocycles. The number of rotatable bonds is 9. The number of hydrogen-bond donors (Lipinski definition) is 3. The van der Waals surface area contributed by atoms with Gasteiger partial charge >= 0.3 is 6.09 Å². The van der Waals surface area contributed by atoms with Gasteiger partial charge in [0, 0.05) is 24.5 Å². The molecule has 0 saturated carbocycles. The van der Waals surface area contributed by atoms with Crippen LogP contribution >= 0.6 is 0 Å². The number of ether oxygens (including phenoxy) is 1. The number of nitrogens with two attached hydrogens (primary N) is 1. The Morgan fingerprint density at radius 2 is 2.06 bits per heavy atom. The highest BCUT2D eigenvalue weighted by atomic mass is 19.1. The number of benzene rings is 2. The first kappa shape index (κ1) is 23.8. The van der Waals surface area contributed by atoms with E-state index in [9.17, 15) is 18.8 Å². The van der Waals surface area contributed by atoms with Gasteiger partial charge in [-0.1, -0.05) is 30.3 Å². The lowest BCUT2D eigenvalue weighted by molar-refractivity contribution is -0.122. The smallest absolute Gasteiger partial charge is 0.414 e. The van der Waals surface area contributed by atoms with Crippen LogP contribution in [0.3, 0.4) is 0 Å². The molecule has 180 valence electrons. The molecule has 1 aliphatic heterocycles. The molecule has 1 fully saturated rings. The van der Waals surface area contributed by atoms with Crippen LogP contribution in [0.15, 0.2) is 67.0 Å². The fourth-order valence-electron chi connectivity index (χ4n) is 3.74. The standard InChI is InChI=1S/C25H24FN5O4/c26-22-10-19(31-14-20(13-29-15-32)35-25(31)34)7-8-21(22)17-5-3-16(4-6-17)11-30-24(33)23(27)18-2-1-9-28-12-18/h1-10,12,15,20,23H,11,13-14,27H2,(H,29,32)(H,30,33)/t20-,23?/m0/s1. The van der Waals surface area contributed by atoms with Crippen molar-refractivity contribution in [1.82, 2.24) is 15.6 Å². The Balaban J connectivity index is 1.38. The fourth-order valence-corrected chi connectivity index (χ4v) is 3.74. The van der Waals surface area contributed by atoms with E-state index in [1.54, 1.807) is 60.9 Å². The third-order valence-corrected chi connectivity index (χ3v) is 5.62. The number of nitrogens with zero attached hydrogens (tertiary/aromatic N) is 2. The third-order valence-electron chi connectivity index (χ3n) is 5.62. The first-order valence-corrected chi connectivity index (χ1v) is 10.9. The molecule has 0 radical (unpaired) electrons. The number of cyclic esters (lactones) is 1. The number of anilines is 1. The van der Waals surface area contributed by atoms with Gasteiger partial charge in [0.15, 0.2) is 0 Å². The highest BCUT2D eigenvalue weighted by Gasteiger charge is 2.32.